The summed E-state index contributed by atoms with van der Waals surface area (Å²) >= 11 is 0. The molecule has 182 valence electrons. The number of carbonyl (C=O) groups is 3. The third-order valence-corrected chi connectivity index (χ3v) is 5.93. The highest BCUT2D eigenvalue weighted by atomic mass is 16.5. The second kappa shape index (κ2) is 12.7. The van der Waals surface area contributed by atoms with E-state index in [2.05, 4.69) is 29.4 Å². The minimum atomic E-state index is -0.338. The molecular weight excluding hydrogens is 432 g/mol. The van der Waals surface area contributed by atoms with Gasteiger partial charge in [0.05, 0.1) is 6.54 Å². The maximum atomic E-state index is 12.4. The monoisotopic (exact) mass is 466 g/mol. The summed E-state index contributed by atoms with van der Waals surface area (Å²) in [7, 11) is 0. The van der Waals surface area contributed by atoms with E-state index in [0.29, 0.717) is 31.7 Å². The number of carbonyl (C=O) groups excluding carboxylic acids is 3. The van der Waals surface area contributed by atoms with Gasteiger partial charge in [0.25, 0.3) is 5.91 Å². The maximum Gasteiger partial charge on any atom is 0.251 e. The van der Waals surface area contributed by atoms with Gasteiger partial charge in [-0.3, -0.25) is 14.4 Å². The van der Waals surface area contributed by atoms with Gasteiger partial charge in [0.2, 0.25) is 11.8 Å². The van der Waals surface area contributed by atoms with Gasteiger partial charge in [-0.15, -0.1) is 0 Å². The molecule has 0 spiro atoms. The Balaban J connectivity index is 1.44. The molecule has 0 atom stereocenters. The zero-order chi connectivity index (χ0) is 24.3. The number of amides is 3. The Morgan fingerprint density at radius 3 is 2.44 bits per heavy atom. The summed E-state index contributed by atoms with van der Waals surface area (Å²) < 4.78 is 5.93. The molecule has 3 amide bonds. The predicted octanol–water partition coefficient (Wildman–Crippen LogP) is 2.58. The largest absolute Gasteiger partial charge is 0.492 e. The third-order valence-electron chi connectivity index (χ3n) is 5.93. The van der Waals surface area contributed by atoms with Gasteiger partial charge in [0, 0.05) is 42.9 Å². The number of rotatable bonds is 12. The van der Waals surface area contributed by atoms with Crippen LogP contribution < -0.4 is 20.3 Å². The first-order chi connectivity index (χ1) is 16.5. The van der Waals surface area contributed by atoms with Crippen molar-refractivity contribution in [1.82, 2.24) is 15.5 Å². The Bertz CT molecular complexity index is 973. The highest BCUT2D eigenvalue weighted by Gasteiger charge is 2.21. The van der Waals surface area contributed by atoms with Gasteiger partial charge >= 0.3 is 0 Å². The fourth-order valence-corrected chi connectivity index (χ4v) is 3.85. The Labute approximate surface area is 201 Å². The number of benzene rings is 2. The van der Waals surface area contributed by atoms with Gasteiger partial charge in [-0.2, -0.15) is 0 Å². The van der Waals surface area contributed by atoms with Crippen molar-refractivity contribution in [3.63, 3.8) is 0 Å². The van der Waals surface area contributed by atoms with Crippen LogP contribution in [0.25, 0.3) is 0 Å². The summed E-state index contributed by atoms with van der Waals surface area (Å²) in [5.41, 5.74) is 2.11. The maximum absolute atomic E-state index is 12.4. The first-order valence-corrected chi connectivity index (χ1v) is 11.9. The lowest BCUT2D eigenvalue weighted by atomic mass is 10.2. The second-order valence-electron chi connectivity index (χ2n) is 8.14. The van der Waals surface area contributed by atoms with Gasteiger partial charge in [-0.05, 0) is 49.8 Å². The van der Waals surface area contributed by atoms with E-state index in [1.54, 1.807) is 29.2 Å². The van der Waals surface area contributed by atoms with Crippen molar-refractivity contribution < 1.29 is 19.1 Å². The van der Waals surface area contributed by atoms with Crippen LogP contribution in [0.3, 0.4) is 0 Å². The van der Waals surface area contributed by atoms with Crippen molar-refractivity contribution in [3.8, 4) is 5.75 Å². The molecule has 8 heteroatoms. The molecule has 3 rings (SSSR count). The SMILES string of the molecule is CCN(CC)CCOc1ccccc1CNC(=O)CNC(=O)c1ccc(N2CCCC2=O)cc1. The van der Waals surface area contributed by atoms with Crippen LogP contribution in [0.2, 0.25) is 0 Å². The van der Waals surface area contributed by atoms with E-state index < -0.39 is 0 Å². The van der Waals surface area contributed by atoms with Gasteiger partial charge in [-0.1, -0.05) is 32.0 Å². The molecule has 1 aliphatic heterocycles. The van der Waals surface area contributed by atoms with Crippen LogP contribution in [0, 0.1) is 0 Å². The van der Waals surface area contributed by atoms with Crippen LogP contribution in [-0.4, -0.2) is 62.0 Å². The molecule has 34 heavy (non-hydrogen) atoms. The van der Waals surface area contributed by atoms with Crippen LogP contribution in [0.4, 0.5) is 5.69 Å². The van der Waals surface area contributed by atoms with Gasteiger partial charge < -0.3 is 25.2 Å². The first-order valence-electron chi connectivity index (χ1n) is 11.9. The quantitative estimate of drug-likeness (QED) is 0.502. The highest BCUT2D eigenvalue weighted by molar-refractivity contribution is 5.98. The van der Waals surface area contributed by atoms with Crippen molar-refractivity contribution >= 4 is 23.4 Å². The van der Waals surface area contributed by atoms with Crippen LogP contribution in [0.5, 0.6) is 5.75 Å². The minimum Gasteiger partial charge on any atom is -0.492 e. The molecular formula is C26H34N4O4. The van der Waals surface area contributed by atoms with Crippen LogP contribution in [-0.2, 0) is 16.1 Å². The average Bonchev–Trinajstić information content (AvgIpc) is 3.30. The molecule has 1 aliphatic rings. The topological polar surface area (TPSA) is 91.0 Å². The number of likely N-dealkylation sites (N-methyl/N-ethyl adjacent to an activating group) is 1. The number of hydrogen-bond acceptors (Lipinski definition) is 5. The van der Waals surface area contributed by atoms with Crippen LogP contribution >= 0.6 is 0 Å². The number of nitrogens with one attached hydrogen (secondary N) is 2. The molecule has 1 fully saturated rings. The molecule has 2 N–H and O–H groups in total. The molecule has 2 aromatic carbocycles. The number of nitrogens with zero attached hydrogens (tertiary/aromatic N) is 2. The summed E-state index contributed by atoms with van der Waals surface area (Å²) in [6.07, 6.45) is 1.41. The van der Waals surface area contributed by atoms with Crippen molar-refractivity contribution in [2.24, 2.45) is 0 Å². The minimum absolute atomic E-state index is 0.102. The lowest BCUT2D eigenvalue weighted by molar-refractivity contribution is -0.120. The molecule has 0 unspecified atom stereocenters. The molecule has 0 aromatic heterocycles. The number of hydrogen-bond donors (Lipinski definition) is 2. The molecule has 0 saturated carbocycles. The molecule has 0 radical (unpaired) electrons. The lowest BCUT2D eigenvalue weighted by Crippen LogP contribution is -2.36. The predicted molar refractivity (Wildman–Crippen MR) is 132 cm³/mol. The Kier molecular flexibility index (Phi) is 9.46. The third kappa shape index (κ3) is 7.05. The standard InChI is InChI=1S/C26H34N4O4/c1-3-29(4-2)16-17-34-23-9-6-5-8-21(23)18-27-24(31)19-28-26(33)20-11-13-22(14-12-20)30-15-7-10-25(30)32/h5-6,8-9,11-14H,3-4,7,10,15-19H2,1-2H3,(H,27,31)(H,28,33). The average molecular weight is 467 g/mol. The number of para-hydroxylation sites is 1. The Morgan fingerprint density at radius 2 is 1.76 bits per heavy atom. The van der Waals surface area contributed by atoms with Gasteiger partial charge in [0.15, 0.2) is 0 Å². The zero-order valence-electron chi connectivity index (χ0n) is 20.0. The highest BCUT2D eigenvalue weighted by Crippen LogP contribution is 2.21. The summed E-state index contributed by atoms with van der Waals surface area (Å²) in [5.74, 6) is 0.223. The zero-order valence-corrected chi connectivity index (χ0v) is 20.0. The number of anilines is 1. The van der Waals surface area contributed by atoms with Crippen molar-refractivity contribution in [2.45, 2.75) is 33.2 Å². The summed E-state index contributed by atoms with van der Waals surface area (Å²) in [6.45, 7) is 8.51. The Hall–Kier alpha value is -3.39. The van der Waals surface area contributed by atoms with Crippen molar-refractivity contribution in [1.29, 1.82) is 0 Å². The smallest absolute Gasteiger partial charge is 0.251 e. The molecule has 1 saturated heterocycles. The van der Waals surface area contributed by atoms with E-state index >= 15 is 0 Å². The van der Waals surface area contributed by atoms with E-state index in [0.717, 1.165) is 43.1 Å². The van der Waals surface area contributed by atoms with Gasteiger partial charge in [0.1, 0.15) is 12.4 Å². The normalized spacial score (nSPS) is 13.3. The van der Waals surface area contributed by atoms with E-state index in [4.69, 9.17) is 4.74 Å². The summed E-state index contributed by atoms with van der Waals surface area (Å²) in [5, 5.41) is 5.47. The van der Waals surface area contributed by atoms with E-state index in [1.807, 2.05) is 24.3 Å². The lowest BCUT2D eigenvalue weighted by Gasteiger charge is -2.19. The van der Waals surface area contributed by atoms with Crippen LogP contribution in [0.1, 0.15) is 42.6 Å². The van der Waals surface area contributed by atoms with Crippen molar-refractivity contribution in [2.75, 3.05) is 44.2 Å². The molecule has 8 nitrogen and oxygen atoms in total. The number of ether oxygens (including phenoxy) is 1. The Morgan fingerprint density at radius 1 is 1.03 bits per heavy atom. The fraction of sp³-hybridized carbons (Fsp3) is 0.423. The molecule has 0 aliphatic carbocycles. The van der Waals surface area contributed by atoms with E-state index in [9.17, 15) is 14.4 Å². The van der Waals surface area contributed by atoms with Crippen molar-refractivity contribution in [3.05, 3.63) is 59.7 Å². The summed E-state index contributed by atoms with van der Waals surface area (Å²) in [6, 6.07) is 14.5. The van der Waals surface area contributed by atoms with E-state index in [1.165, 1.54) is 0 Å². The second-order valence-corrected chi connectivity index (χ2v) is 8.14. The van der Waals surface area contributed by atoms with E-state index in [-0.39, 0.29) is 24.3 Å². The van der Waals surface area contributed by atoms with Gasteiger partial charge in [-0.25, -0.2) is 0 Å². The molecule has 0 bridgehead atoms. The van der Waals surface area contributed by atoms with Crippen LogP contribution in [0.15, 0.2) is 48.5 Å². The first kappa shape index (κ1) is 25.2. The molecule has 1 heterocycles. The fourth-order valence-electron chi connectivity index (χ4n) is 3.85. The molecule has 2 aromatic rings. The summed E-state index contributed by atoms with van der Waals surface area (Å²) in [4.78, 5) is 40.6.